The minimum Gasteiger partial charge on any atom is -0.387 e. The minimum atomic E-state index is -2.01. The third-order valence-corrected chi connectivity index (χ3v) is 1.79. The first-order valence-electron chi connectivity index (χ1n) is 3.47. The van der Waals surface area contributed by atoms with E-state index in [2.05, 4.69) is 4.74 Å². The summed E-state index contributed by atoms with van der Waals surface area (Å²) < 4.78 is 29.0. The molecule has 0 saturated carbocycles. The third-order valence-electron chi connectivity index (χ3n) is 1.79. The van der Waals surface area contributed by atoms with Gasteiger partial charge in [-0.05, 0) is 0 Å². The quantitative estimate of drug-likeness (QED) is 0.475. The van der Waals surface area contributed by atoms with Gasteiger partial charge in [-0.3, -0.25) is 0 Å². The van der Waals surface area contributed by atoms with Crippen LogP contribution in [-0.2, 0) is 4.74 Å². The summed E-state index contributed by atoms with van der Waals surface area (Å²) in [5, 5.41) is 26.5. The second-order valence-corrected chi connectivity index (χ2v) is 2.65. The Labute approximate surface area is 67.4 Å². The number of halogens is 2. The zero-order valence-corrected chi connectivity index (χ0v) is 6.10. The number of aliphatic hydroxyl groups is 3. The summed E-state index contributed by atoms with van der Waals surface area (Å²) in [7, 11) is 0. The largest absolute Gasteiger partial charge is 0.387 e. The summed E-state index contributed by atoms with van der Waals surface area (Å²) in [6.45, 7) is -1.15. The van der Waals surface area contributed by atoms with Crippen LogP contribution in [0.15, 0.2) is 0 Å². The fraction of sp³-hybridized carbons (Fsp3) is 1.00. The highest BCUT2D eigenvalue weighted by Crippen LogP contribution is 2.22. The molecule has 12 heavy (non-hydrogen) atoms. The van der Waals surface area contributed by atoms with E-state index in [1.165, 1.54) is 0 Å². The number of hydrogen-bond donors (Lipinski definition) is 3. The lowest BCUT2D eigenvalue weighted by Gasteiger charge is -2.35. The molecule has 3 N–H and O–H groups in total. The summed E-state index contributed by atoms with van der Waals surface area (Å²) in [6, 6.07) is 0. The first kappa shape index (κ1) is 9.79. The molecule has 0 amide bonds. The molecular weight excluding hydrogens is 174 g/mol. The van der Waals surface area contributed by atoms with Gasteiger partial charge in [0.1, 0.15) is 25.0 Å². The van der Waals surface area contributed by atoms with Crippen molar-refractivity contribution in [3.05, 3.63) is 0 Å². The van der Waals surface area contributed by atoms with E-state index in [0.29, 0.717) is 0 Å². The van der Waals surface area contributed by atoms with E-state index in [1.54, 1.807) is 0 Å². The maximum absolute atomic E-state index is 12.8. The van der Waals surface area contributed by atoms with Crippen LogP contribution in [0.2, 0.25) is 0 Å². The first-order chi connectivity index (χ1) is 5.57. The second kappa shape index (κ2) is 3.61. The topological polar surface area (TPSA) is 69.9 Å². The highest BCUT2D eigenvalue weighted by Gasteiger charge is 2.44. The van der Waals surface area contributed by atoms with Crippen LogP contribution in [-0.4, -0.2) is 52.8 Å². The van der Waals surface area contributed by atoms with Gasteiger partial charge < -0.3 is 20.1 Å². The van der Waals surface area contributed by atoms with Crippen LogP contribution in [0.3, 0.4) is 0 Å². The van der Waals surface area contributed by atoms with Gasteiger partial charge >= 0.3 is 0 Å². The van der Waals surface area contributed by atoms with E-state index in [9.17, 15) is 8.78 Å². The summed E-state index contributed by atoms with van der Waals surface area (Å²) in [5.74, 6) is 0. The molecule has 1 rings (SSSR count). The van der Waals surface area contributed by atoms with Crippen LogP contribution in [0.5, 0.6) is 0 Å². The number of ether oxygens (including phenoxy) is 1. The van der Waals surface area contributed by atoms with Crippen molar-refractivity contribution in [3.63, 3.8) is 0 Å². The molecule has 0 bridgehead atoms. The molecule has 0 aliphatic carbocycles. The Balaban J connectivity index is 2.63. The van der Waals surface area contributed by atoms with Gasteiger partial charge in [-0.1, -0.05) is 0 Å². The molecule has 4 nitrogen and oxygen atoms in total. The van der Waals surface area contributed by atoms with Crippen LogP contribution >= 0.6 is 0 Å². The van der Waals surface area contributed by atoms with E-state index in [1.807, 2.05) is 0 Å². The molecule has 6 heteroatoms. The predicted molar refractivity (Wildman–Crippen MR) is 33.8 cm³/mol. The zero-order chi connectivity index (χ0) is 9.30. The van der Waals surface area contributed by atoms with Crippen molar-refractivity contribution in [2.45, 2.75) is 30.8 Å². The van der Waals surface area contributed by atoms with Gasteiger partial charge in [-0.15, -0.1) is 0 Å². The normalized spacial score (nSPS) is 49.2. The van der Waals surface area contributed by atoms with Gasteiger partial charge in [0.2, 0.25) is 0 Å². The van der Waals surface area contributed by atoms with Crippen molar-refractivity contribution in [3.8, 4) is 0 Å². The van der Waals surface area contributed by atoms with E-state index in [0.717, 1.165) is 0 Å². The van der Waals surface area contributed by atoms with Gasteiger partial charge in [-0.25, -0.2) is 8.78 Å². The van der Waals surface area contributed by atoms with Crippen molar-refractivity contribution in [2.24, 2.45) is 0 Å². The Morgan fingerprint density at radius 2 is 1.75 bits per heavy atom. The number of rotatable bonds is 1. The monoisotopic (exact) mass is 184 g/mol. The summed E-state index contributed by atoms with van der Waals surface area (Å²) >= 11 is 0. The van der Waals surface area contributed by atoms with Gasteiger partial charge in [0.25, 0.3) is 0 Å². The summed E-state index contributed by atoms with van der Waals surface area (Å²) in [6.07, 6.45) is -8.75. The van der Waals surface area contributed by atoms with E-state index in [4.69, 9.17) is 15.3 Å². The third kappa shape index (κ3) is 1.56. The van der Waals surface area contributed by atoms with Crippen molar-refractivity contribution in [1.29, 1.82) is 0 Å². The number of aliphatic hydroxyl groups excluding tert-OH is 3. The second-order valence-electron chi connectivity index (χ2n) is 2.65. The van der Waals surface area contributed by atoms with Gasteiger partial charge in [0.05, 0.1) is 0 Å². The molecule has 1 aliphatic rings. The van der Waals surface area contributed by atoms with Crippen molar-refractivity contribution in [1.82, 2.24) is 0 Å². The lowest BCUT2D eigenvalue weighted by atomic mass is 10.0. The molecule has 1 fully saturated rings. The molecule has 0 radical (unpaired) electrons. The average molecular weight is 184 g/mol. The number of alkyl halides is 2. The molecule has 0 spiro atoms. The maximum Gasteiger partial charge on any atom is 0.184 e. The molecule has 0 unspecified atom stereocenters. The molecule has 5 atom stereocenters. The SMILES string of the molecule is O[C@@H]1[C@H](O)[C@@H](O)O[C@H](CF)[C@@H]1F. The molecule has 0 aromatic heterocycles. The van der Waals surface area contributed by atoms with Crippen LogP contribution in [0.25, 0.3) is 0 Å². The summed E-state index contributed by atoms with van der Waals surface area (Å²) in [5.41, 5.74) is 0. The van der Waals surface area contributed by atoms with Crippen molar-refractivity contribution >= 4 is 0 Å². The molecule has 1 heterocycles. The van der Waals surface area contributed by atoms with Gasteiger partial charge in [-0.2, -0.15) is 0 Å². The van der Waals surface area contributed by atoms with Gasteiger partial charge in [0, 0.05) is 0 Å². The zero-order valence-electron chi connectivity index (χ0n) is 6.10. The first-order valence-corrected chi connectivity index (χ1v) is 3.47. The van der Waals surface area contributed by atoms with E-state index >= 15 is 0 Å². The number of hydrogen-bond acceptors (Lipinski definition) is 4. The van der Waals surface area contributed by atoms with E-state index < -0.39 is 37.4 Å². The Bertz CT molecular complexity index is 152. The smallest absolute Gasteiger partial charge is 0.184 e. The van der Waals surface area contributed by atoms with Gasteiger partial charge in [0.15, 0.2) is 12.5 Å². The predicted octanol–water partition coefficient (Wildman–Crippen LogP) is -1.27. The van der Waals surface area contributed by atoms with Crippen LogP contribution in [0, 0.1) is 0 Å². The fourth-order valence-electron chi connectivity index (χ4n) is 1.03. The minimum absolute atomic E-state index is 1.15. The Hall–Kier alpha value is -0.300. The lowest BCUT2D eigenvalue weighted by Crippen LogP contribution is -2.56. The highest BCUT2D eigenvalue weighted by atomic mass is 19.1. The molecule has 0 aromatic carbocycles. The molecule has 0 aromatic rings. The highest BCUT2D eigenvalue weighted by molar-refractivity contribution is 4.88. The van der Waals surface area contributed by atoms with Crippen LogP contribution < -0.4 is 0 Å². The van der Waals surface area contributed by atoms with Crippen molar-refractivity contribution < 1.29 is 28.8 Å². The van der Waals surface area contributed by atoms with Crippen molar-refractivity contribution in [2.75, 3.05) is 6.67 Å². The lowest BCUT2D eigenvalue weighted by molar-refractivity contribution is -0.271. The summed E-state index contributed by atoms with van der Waals surface area (Å²) in [4.78, 5) is 0. The Kier molecular flexibility index (Phi) is 2.94. The van der Waals surface area contributed by atoms with Crippen LogP contribution in [0.4, 0.5) is 8.78 Å². The fourth-order valence-corrected chi connectivity index (χ4v) is 1.03. The van der Waals surface area contributed by atoms with Crippen LogP contribution in [0.1, 0.15) is 0 Å². The average Bonchev–Trinajstić information content (AvgIpc) is 2.08. The maximum atomic E-state index is 12.8. The molecule has 1 aliphatic heterocycles. The van der Waals surface area contributed by atoms with E-state index in [-0.39, 0.29) is 0 Å². The molecule has 72 valence electrons. The Morgan fingerprint density at radius 1 is 1.17 bits per heavy atom. The standard InChI is InChI=1S/C6H10F2O4/c7-1-2-3(8)4(9)5(10)6(11)12-2/h2-6,9-11H,1H2/t2-,3+,4+,5+,6+/m1/s1. The molecule has 1 saturated heterocycles. The Morgan fingerprint density at radius 3 is 2.25 bits per heavy atom. The molecular formula is C6H10F2O4.